The summed E-state index contributed by atoms with van der Waals surface area (Å²) in [6.45, 7) is 2.60. The zero-order chi connectivity index (χ0) is 18.8. The molecule has 1 aromatic heterocycles. The summed E-state index contributed by atoms with van der Waals surface area (Å²) >= 11 is 0. The second kappa shape index (κ2) is 7.48. The molecular formula is C19H21FN4O3. The maximum atomic E-state index is 13.0. The minimum atomic E-state index is -0.321. The third-order valence-corrected chi connectivity index (χ3v) is 5.03. The summed E-state index contributed by atoms with van der Waals surface area (Å²) in [6, 6.07) is 7.62. The molecule has 2 saturated heterocycles. The van der Waals surface area contributed by atoms with Crippen molar-refractivity contribution in [2.75, 3.05) is 32.8 Å². The topological polar surface area (TPSA) is 78.5 Å². The Bertz CT molecular complexity index is 822. The van der Waals surface area contributed by atoms with Crippen LogP contribution in [0.5, 0.6) is 0 Å². The molecule has 8 heteroatoms. The SMILES string of the molecule is O=C(c1cc(-c2ccc(F)cc2)n[nH]1)N1CCN(C(=O)C2CCCO2)CC1. The fourth-order valence-electron chi connectivity index (χ4n) is 3.48. The summed E-state index contributed by atoms with van der Waals surface area (Å²) in [7, 11) is 0. The van der Waals surface area contributed by atoms with Crippen molar-refractivity contribution in [1.29, 1.82) is 0 Å². The molecule has 2 aliphatic heterocycles. The Morgan fingerprint density at radius 3 is 2.48 bits per heavy atom. The molecule has 142 valence electrons. The fraction of sp³-hybridized carbons (Fsp3) is 0.421. The van der Waals surface area contributed by atoms with Crippen LogP contribution in [0.25, 0.3) is 11.3 Å². The molecule has 0 spiro atoms. The fourth-order valence-corrected chi connectivity index (χ4v) is 3.48. The molecule has 0 bridgehead atoms. The monoisotopic (exact) mass is 372 g/mol. The molecule has 1 aromatic carbocycles. The van der Waals surface area contributed by atoms with Gasteiger partial charge < -0.3 is 14.5 Å². The number of piperazine rings is 1. The second-order valence-corrected chi connectivity index (χ2v) is 6.79. The number of halogens is 1. The summed E-state index contributed by atoms with van der Waals surface area (Å²) in [6.07, 6.45) is 1.38. The van der Waals surface area contributed by atoms with E-state index in [1.165, 1.54) is 12.1 Å². The quantitative estimate of drug-likeness (QED) is 0.889. The zero-order valence-corrected chi connectivity index (χ0v) is 14.9. The minimum Gasteiger partial charge on any atom is -0.368 e. The molecule has 2 amide bonds. The number of aromatic nitrogens is 2. The molecule has 2 aromatic rings. The van der Waals surface area contributed by atoms with Crippen LogP contribution in [0.2, 0.25) is 0 Å². The van der Waals surface area contributed by atoms with Gasteiger partial charge in [0.25, 0.3) is 11.8 Å². The van der Waals surface area contributed by atoms with Gasteiger partial charge in [0.2, 0.25) is 0 Å². The third-order valence-electron chi connectivity index (χ3n) is 5.03. The first-order valence-electron chi connectivity index (χ1n) is 9.13. The van der Waals surface area contributed by atoms with Gasteiger partial charge in [-0.15, -0.1) is 0 Å². The molecule has 0 aliphatic carbocycles. The molecule has 7 nitrogen and oxygen atoms in total. The highest BCUT2D eigenvalue weighted by atomic mass is 19.1. The van der Waals surface area contributed by atoms with Crippen LogP contribution < -0.4 is 0 Å². The Morgan fingerprint density at radius 2 is 1.81 bits per heavy atom. The van der Waals surface area contributed by atoms with Crippen molar-refractivity contribution in [2.24, 2.45) is 0 Å². The van der Waals surface area contributed by atoms with E-state index >= 15 is 0 Å². The number of H-pyrrole nitrogens is 1. The van der Waals surface area contributed by atoms with Crippen LogP contribution in [0.3, 0.4) is 0 Å². The highest BCUT2D eigenvalue weighted by Crippen LogP contribution is 2.20. The van der Waals surface area contributed by atoms with Gasteiger partial charge >= 0.3 is 0 Å². The van der Waals surface area contributed by atoms with Crippen molar-refractivity contribution in [3.8, 4) is 11.3 Å². The number of amides is 2. The maximum Gasteiger partial charge on any atom is 0.272 e. The number of nitrogens with zero attached hydrogens (tertiary/aromatic N) is 3. The van der Waals surface area contributed by atoms with Crippen molar-refractivity contribution < 1.29 is 18.7 Å². The highest BCUT2D eigenvalue weighted by Gasteiger charge is 2.31. The van der Waals surface area contributed by atoms with E-state index in [0.29, 0.717) is 44.2 Å². The highest BCUT2D eigenvalue weighted by molar-refractivity contribution is 5.93. The molecule has 1 atom stereocenters. The molecule has 1 unspecified atom stereocenters. The van der Waals surface area contributed by atoms with Crippen molar-refractivity contribution in [2.45, 2.75) is 18.9 Å². The number of carbonyl (C=O) groups is 2. The molecule has 0 radical (unpaired) electrons. The van der Waals surface area contributed by atoms with E-state index in [2.05, 4.69) is 10.2 Å². The van der Waals surface area contributed by atoms with Crippen LogP contribution in [0, 0.1) is 5.82 Å². The molecule has 2 aliphatic rings. The molecule has 2 fully saturated rings. The van der Waals surface area contributed by atoms with E-state index in [1.807, 2.05) is 0 Å². The van der Waals surface area contributed by atoms with Gasteiger partial charge in [-0.1, -0.05) is 0 Å². The standard InChI is InChI=1S/C19H21FN4O3/c20-14-5-3-13(4-6-14)15-12-16(22-21-15)18(25)23-7-9-24(10-8-23)19(26)17-2-1-11-27-17/h3-6,12,17H,1-2,7-11H2,(H,21,22). The van der Waals surface area contributed by atoms with Crippen LogP contribution in [0.1, 0.15) is 23.3 Å². The van der Waals surface area contributed by atoms with Gasteiger partial charge in [0.1, 0.15) is 17.6 Å². The normalized spacial score (nSPS) is 20.1. The summed E-state index contributed by atoms with van der Waals surface area (Å²) < 4.78 is 18.5. The average Bonchev–Trinajstić information content (AvgIpc) is 3.40. The summed E-state index contributed by atoms with van der Waals surface area (Å²) in [5.74, 6) is -0.444. The van der Waals surface area contributed by atoms with E-state index in [9.17, 15) is 14.0 Å². The zero-order valence-electron chi connectivity index (χ0n) is 14.9. The summed E-state index contributed by atoms with van der Waals surface area (Å²) in [5, 5.41) is 6.91. The summed E-state index contributed by atoms with van der Waals surface area (Å²) in [4.78, 5) is 28.6. The Balaban J connectivity index is 1.37. The van der Waals surface area contributed by atoms with Gasteiger partial charge in [0.15, 0.2) is 0 Å². The van der Waals surface area contributed by atoms with E-state index in [4.69, 9.17) is 4.74 Å². The number of aromatic amines is 1. The molecular weight excluding hydrogens is 351 g/mol. The molecule has 0 saturated carbocycles. The number of hydrogen-bond donors (Lipinski definition) is 1. The number of hydrogen-bond acceptors (Lipinski definition) is 4. The summed E-state index contributed by atoms with van der Waals surface area (Å²) in [5.41, 5.74) is 1.71. The van der Waals surface area contributed by atoms with Crippen molar-refractivity contribution in [3.05, 3.63) is 41.8 Å². The lowest BCUT2D eigenvalue weighted by Crippen LogP contribution is -2.52. The predicted molar refractivity (Wildman–Crippen MR) is 95.4 cm³/mol. The van der Waals surface area contributed by atoms with Crippen LogP contribution in [-0.4, -0.2) is 70.7 Å². The van der Waals surface area contributed by atoms with E-state index < -0.39 is 0 Å². The minimum absolute atomic E-state index is 0.0275. The number of carbonyl (C=O) groups excluding carboxylic acids is 2. The second-order valence-electron chi connectivity index (χ2n) is 6.79. The Kier molecular flexibility index (Phi) is 4.89. The van der Waals surface area contributed by atoms with E-state index in [1.54, 1.807) is 28.0 Å². The van der Waals surface area contributed by atoms with Gasteiger partial charge in [-0.3, -0.25) is 14.7 Å². The van der Waals surface area contributed by atoms with Crippen molar-refractivity contribution in [3.63, 3.8) is 0 Å². The average molecular weight is 372 g/mol. The Labute approximate surface area is 156 Å². The van der Waals surface area contributed by atoms with Crippen LogP contribution in [-0.2, 0) is 9.53 Å². The lowest BCUT2D eigenvalue weighted by molar-refractivity contribution is -0.142. The van der Waals surface area contributed by atoms with E-state index in [-0.39, 0.29) is 23.7 Å². The molecule has 3 heterocycles. The van der Waals surface area contributed by atoms with Gasteiger partial charge in [-0.25, -0.2) is 4.39 Å². The molecule has 27 heavy (non-hydrogen) atoms. The first kappa shape index (κ1) is 17.7. The Hall–Kier alpha value is -2.74. The third kappa shape index (κ3) is 3.71. The first-order chi connectivity index (χ1) is 13.1. The van der Waals surface area contributed by atoms with Crippen molar-refractivity contribution in [1.82, 2.24) is 20.0 Å². The first-order valence-corrected chi connectivity index (χ1v) is 9.13. The predicted octanol–water partition coefficient (Wildman–Crippen LogP) is 1.68. The molecule has 4 rings (SSSR count). The Morgan fingerprint density at radius 1 is 1.11 bits per heavy atom. The van der Waals surface area contributed by atoms with Crippen molar-refractivity contribution >= 4 is 11.8 Å². The van der Waals surface area contributed by atoms with Gasteiger partial charge in [-0.05, 0) is 43.2 Å². The van der Waals surface area contributed by atoms with Gasteiger partial charge in [0, 0.05) is 38.3 Å². The number of rotatable bonds is 3. The number of ether oxygens (including phenoxy) is 1. The largest absolute Gasteiger partial charge is 0.368 e. The number of nitrogens with one attached hydrogen (secondary N) is 1. The smallest absolute Gasteiger partial charge is 0.272 e. The van der Waals surface area contributed by atoms with E-state index in [0.717, 1.165) is 18.4 Å². The number of benzene rings is 1. The van der Waals surface area contributed by atoms with Crippen LogP contribution >= 0.6 is 0 Å². The lowest BCUT2D eigenvalue weighted by Gasteiger charge is -2.35. The van der Waals surface area contributed by atoms with Crippen LogP contribution in [0.4, 0.5) is 4.39 Å². The van der Waals surface area contributed by atoms with Gasteiger partial charge in [-0.2, -0.15) is 5.10 Å². The van der Waals surface area contributed by atoms with Crippen LogP contribution in [0.15, 0.2) is 30.3 Å². The van der Waals surface area contributed by atoms with Gasteiger partial charge in [0.05, 0.1) is 5.69 Å². The maximum absolute atomic E-state index is 13.0. The molecule has 1 N–H and O–H groups in total. The lowest BCUT2D eigenvalue weighted by atomic mass is 10.1.